The van der Waals surface area contributed by atoms with Crippen molar-refractivity contribution in [3.63, 3.8) is 0 Å². The third-order valence-corrected chi connectivity index (χ3v) is 4.41. The van der Waals surface area contributed by atoms with Crippen LogP contribution in [0.2, 0.25) is 0 Å². The Kier molecular flexibility index (Phi) is 4.98. The van der Waals surface area contributed by atoms with Gasteiger partial charge in [0, 0.05) is 30.5 Å². The van der Waals surface area contributed by atoms with Crippen molar-refractivity contribution in [3.05, 3.63) is 57.6 Å². The van der Waals surface area contributed by atoms with E-state index in [1.54, 1.807) is 0 Å². The summed E-state index contributed by atoms with van der Waals surface area (Å²) in [5.74, 6) is -1.54. The summed E-state index contributed by atoms with van der Waals surface area (Å²) in [7, 11) is 0. The lowest BCUT2D eigenvalue weighted by Gasteiger charge is -2.38. The van der Waals surface area contributed by atoms with Gasteiger partial charge in [-0.1, -0.05) is 6.07 Å². The molecule has 0 saturated heterocycles. The molecule has 1 amide bonds. The van der Waals surface area contributed by atoms with Crippen LogP contribution in [0.4, 0.5) is 8.78 Å². The summed E-state index contributed by atoms with van der Waals surface area (Å²) < 4.78 is 32.1. The summed E-state index contributed by atoms with van der Waals surface area (Å²) in [6, 6.07) is 3.84. The Morgan fingerprint density at radius 3 is 2.72 bits per heavy atom. The van der Waals surface area contributed by atoms with Gasteiger partial charge in [-0.3, -0.25) is 9.59 Å². The highest BCUT2D eigenvalue weighted by atomic mass is 19.1. The SMILES string of the molecule is O=C(CCc1cc(=O)[nH]o1)NC(c1ccc(F)cc1F)C1CC(O)C1. The van der Waals surface area contributed by atoms with Crippen molar-refractivity contribution in [2.75, 3.05) is 0 Å². The molecule has 1 unspecified atom stereocenters. The van der Waals surface area contributed by atoms with E-state index in [4.69, 9.17) is 4.52 Å². The number of carbonyl (C=O) groups excluding carboxylic acids is 1. The van der Waals surface area contributed by atoms with Crippen molar-refractivity contribution >= 4 is 5.91 Å². The van der Waals surface area contributed by atoms with Gasteiger partial charge in [0.25, 0.3) is 5.56 Å². The number of aromatic amines is 1. The lowest BCUT2D eigenvalue weighted by Crippen LogP contribution is -2.41. The maximum atomic E-state index is 14.1. The van der Waals surface area contributed by atoms with E-state index in [1.807, 2.05) is 0 Å². The molecule has 134 valence electrons. The minimum atomic E-state index is -0.733. The molecule has 1 fully saturated rings. The van der Waals surface area contributed by atoms with Gasteiger partial charge in [-0.15, -0.1) is 0 Å². The highest BCUT2D eigenvalue weighted by molar-refractivity contribution is 5.76. The first-order valence-corrected chi connectivity index (χ1v) is 8.02. The lowest BCUT2D eigenvalue weighted by atomic mass is 9.75. The van der Waals surface area contributed by atoms with Crippen LogP contribution in [0, 0.1) is 17.6 Å². The van der Waals surface area contributed by atoms with Gasteiger partial charge in [0.1, 0.15) is 17.4 Å². The summed E-state index contributed by atoms with van der Waals surface area (Å²) in [5.41, 5.74) is -0.190. The molecule has 1 aromatic carbocycles. The molecule has 6 nitrogen and oxygen atoms in total. The Morgan fingerprint density at radius 2 is 2.12 bits per heavy atom. The monoisotopic (exact) mass is 352 g/mol. The van der Waals surface area contributed by atoms with Crippen LogP contribution in [0.15, 0.2) is 33.6 Å². The van der Waals surface area contributed by atoms with Gasteiger partial charge in [0.2, 0.25) is 5.91 Å². The first kappa shape index (κ1) is 17.3. The second-order valence-corrected chi connectivity index (χ2v) is 6.28. The minimum Gasteiger partial charge on any atom is -0.393 e. The van der Waals surface area contributed by atoms with Crippen LogP contribution in [0.3, 0.4) is 0 Å². The number of halogens is 2. The number of nitrogens with one attached hydrogen (secondary N) is 2. The zero-order chi connectivity index (χ0) is 18.0. The van der Waals surface area contributed by atoms with Gasteiger partial charge >= 0.3 is 0 Å². The van der Waals surface area contributed by atoms with Gasteiger partial charge in [-0.25, -0.2) is 8.78 Å². The number of benzene rings is 1. The molecular weight excluding hydrogens is 334 g/mol. The number of H-pyrrole nitrogens is 1. The van der Waals surface area contributed by atoms with E-state index in [1.165, 1.54) is 12.1 Å². The zero-order valence-electron chi connectivity index (χ0n) is 13.3. The number of carbonyl (C=O) groups is 1. The van der Waals surface area contributed by atoms with Crippen LogP contribution in [-0.2, 0) is 11.2 Å². The van der Waals surface area contributed by atoms with Crippen molar-refractivity contribution < 1.29 is 23.2 Å². The molecule has 1 saturated carbocycles. The van der Waals surface area contributed by atoms with Crippen LogP contribution in [0.25, 0.3) is 0 Å². The van der Waals surface area contributed by atoms with Gasteiger partial charge < -0.3 is 14.9 Å². The summed E-state index contributed by atoms with van der Waals surface area (Å²) in [6.45, 7) is 0. The van der Waals surface area contributed by atoms with Crippen molar-refractivity contribution in [2.24, 2.45) is 5.92 Å². The molecule has 3 N–H and O–H groups in total. The molecule has 0 spiro atoms. The molecular formula is C17H18F2N2O4. The van der Waals surface area contributed by atoms with Crippen LogP contribution in [0.5, 0.6) is 0 Å². The first-order valence-electron chi connectivity index (χ1n) is 8.02. The number of rotatable bonds is 6. The van der Waals surface area contributed by atoms with E-state index >= 15 is 0 Å². The van der Waals surface area contributed by atoms with Gasteiger partial charge in [-0.05, 0) is 24.8 Å². The molecule has 1 atom stereocenters. The number of amides is 1. The fourth-order valence-electron chi connectivity index (χ4n) is 3.03. The maximum Gasteiger partial charge on any atom is 0.280 e. The van der Waals surface area contributed by atoms with Gasteiger partial charge in [0.15, 0.2) is 0 Å². The quantitative estimate of drug-likeness (QED) is 0.739. The summed E-state index contributed by atoms with van der Waals surface area (Å²) in [6.07, 6.45) is 0.677. The second-order valence-electron chi connectivity index (χ2n) is 6.28. The van der Waals surface area contributed by atoms with Crippen LogP contribution >= 0.6 is 0 Å². The number of aromatic nitrogens is 1. The Labute approximate surface area is 141 Å². The van der Waals surface area contributed by atoms with Crippen molar-refractivity contribution in [1.29, 1.82) is 0 Å². The summed E-state index contributed by atoms with van der Waals surface area (Å²) in [5, 5.41) is 14.4. The average Bonchev–Trinajstić information content (AvgIpc) is 2.94. The number of aryl methyl sites for hydroxylation is 1. The number of aliphatic hydroxyl groups is 1. The standard InChI is InChI=1S/C17H18F2N2O4/c18-10-1-3-13(14(19)7-10)17(9-5-11(22)6-9)20-15(23)4-2-12-8-16(24)21-25-12/h1,3,7-9,11,17,22H,2,4-6H2,(H,20,23)(H,21,24). The lowest BCUT2D eigenvalue weighted by molar-refractivity contribution is -0.123. The Balaban J connectivity index is 1.69. The Morgan fingerprint density at radius 1 is 1.36 bits per heavy atom. The Bertz CT molecular complexity index is 811. The van der Waals surface area contributed by atoms with E-state index in [0.29, 0.717) is 18.6 Å². The molecule has 3 rings (SSSR count). The van der Waals surface area contributed by atoms with E-state index in [2.05, 4.69) is 10.5 Å². The van der Waals surface area contributed by atoms with Crippen LogP contribution < -0.4 is 10.9 Å². The maximum absolute atomic E-state index is 14.1. The second kappa shape index (κ2) is 7.18. The third-order valence-electron chi connectivity index (χ3n) is 4.41. The third kappa shape index (κ3) is 4.14. The predicted molar refractivity (Wildman–Crippen MR) is 83.6 cm³/mol. The molecule has 0 bridgehead atoms. The smallest absolute Gasteiger partial charge is 0.280 e. The first-order chi connectivity index (χ1) is 11.9. The van der Waals surface area contributed by atoms with Crippen molar-refractivity contribution in [3.8, 4) is 0 Å². The Hall–Kier alpha value is -2.48. The fourth-order valence-corrected chi connectivity index (χ4v) is 3.03. The zero-order valence-corrected chi connectivity index (χ0v) is 13.3. The molecule has 1 aliphatic carbocycles. The van der Waals surface area contributed by atoms with Gasteiger partial charge in [-0.2, -0.15) is 5.16 Å². The van der Waals surface area contributed by atoms with E-state index in [9.17, 15) is 23.5 Å². The summed E-state index contributed by atoms with van der Waals surface area (Å²) >= 11 is 0. The summed E-state index contributed by atoms with van der Waals surface area (Å²) in [4.78, 5) is 23.2. The van der Waals surface area contributed by atoms with E-state index in [0.717, 1.165) is 12.1 Å². The highest BCUT2D eigenvalue weighted by Gasteiger charge is 2.36. The predicted octanol–water partition coefficient (Wildman–Crippen LogP) is 1.81. The van der Waals surface area contributed by atoms with Crippen molar-refractivity contribution in [1.82, 2.24) is 10.5 Å². The molecule has 25 heavy (non-hydrogen) atoms. The van der Waals surface area contributed by atoms with Crippen LogP contribution in [0.1, 0.15) is 36.6 Å². The largest absolute Gasteiger partial charge is 0.393 e. The topological polar surface area (TPSA) is 95.3 Å². The number of hydrogen-bond acceptors (Lipinski definition) is 4. The fraction of sp³-hybridized carbons (Fsp3) is 0.412. The van der Waals surface area contributed by atoms with Crippen LogP contribution in [-0.4, -0.2) is 22.3 Å². The average molecular weight is 352 g/mol. The van der Waals surface area contributed by atoms with Crippen molar-refractivity contribution in [2.45, 2.75) is 37.8 Å². The number of aliphatic hydroxyl groups excluding tert-OH is 1. The van der Waals surface area contributed by atoms with E-state index < -0.39 is 23.8 Å². The van der Waals surface area contributed by atoms with Gasteiger partial charge in [0.05, 0.1) is 12.1 Å². The normalized spacial score (nSPS) is 20.8. The molecule has 8 heteroatoms. The molecule has 1 heterocycles. The molecule has 0 aliphatic heterocycles. The molecule has 1 aliphatic rings. The molecule has 2 aromatic rings. The van der Waals surface area contributed by atoms with E-state index in [-0.39, 0.29) is 35.8 Å². The molecule has 1 aromatic heterocycles. The number of hydrogen-bond donors (Lipinski definition) is 3. The highest BCUT2D eigenvalue weighted by Crippen LogP contribution is 2.39. The minimum absolute atomic E-state index is 0.0510. The molecule has 0 radical (unpaired) electrons.